The monoisotopic (exact) mass is 160 g/mol. The Morgan fingerprint density at radius 3 is 2.58 bits per heavy atom. The van der Waals surface area contributed by atoms with Gasteiger partial charge < -0.3 is 4.84 Å². The SMILES string of the molecule is [C-]#[N+]c1ccc(/C=N\OC)cc1. The van der Waals surface area contributed by atoms with Crippen molar-refractivity contribution in [3.8, 4) is 0 Å². The second-order valence-corrected chi connectivity index (χ2v) is 2.12. The minimum Gasteiger partial charge on any atom is -0.399 e. The van der Waals surface area contributed by atoms with Crippen LogP contribution in [-0.2, 0) is 4.84 Å². The first kappa shape index (κ1) is 8.28. The number of hydrogen-bond donors (Lipinski definition) is 0. The third-order valence-electron chi connectivity index (χ3n) is 1.33. The van der Waals surface area contributed by atoms with Crippen LogP contribution in [0.4, 0.5) is 5.69 Å². The van der Waals surface area contributed by atoms with E-state index in [1.807, 2.05) is 12.1 Å². The average Bonchev–Trinajstić information content (AvgIpc) is 2.15. The van der Waals surface area contributed by atoms with E-state index in [1.54, 1.807) is 18.3 Å². The quantitative estimate of drug-likeness (QED) is 0.370. The molecule has 0 saturated carbocycles. The van der Waals surface area contributed by atoms with Crippen LogP contribution in [0.3, 0.4) is 0 Å². The van der Waals surface area contributed by atoms with Crippen molar-refractivity contribution in [1.82, 2.24) is 0 Å². The van der Waals surface area contributed by atoms with Crippen molar-refractivity contribution >= 4 is 11.9 Å². The lowest BCUT2D eigenvalue weighted by Crippen LogP contribution is -1.79. The van der Waals surface area contributed by atoms with Gasteiger partial charge in [0, 0.05) is 0 Å². The lowest BCUT2D eigenvalue weighted by molar-refractivity contribution is 0.215. The maximum absolute atomic E-state index is 6.72. The Hall–Kier alpha value is -1.82. The van der Waals surface area contributed by atoms with Crippen molar-refractivity contribution in [1.29, 1.82) is 0 Å². The molecule has 0 fully saturated rings. The summed E-state index contributed by atoms with van der Waals surface area (Å²) in [5.41, 5.74) is 1.55. The first-order chi connectivity index (χ1) is 5.86. The highest BCUT2D eigenvalue weighted by Gasteiger charge is 1.89. The minimum absolute atomic E-state index is 0.629. The van der Waals surface area contributed by atoms with Crippen LogP contribution in [0.15, 0.2) is 29.4 Å². The molecule has 0 atom stereocenters. The maximum atomic E-state index is 6.72. The van der Waals surface area contributed by atoms with Crippen molar-refractivity contribution < 1.29 is 4.84 Å². The van der Waals surface area contributed by atoms with Gasteiger partial charge in [0.2, 0.25) is 0 Å². The molecule has 0 radical (unpaired) electrons. The van der Waals surface area contributed by atoms with Gasteiger partial charge in [-0.2, -0.15) is 0 Å². The topological polar surface area (TPSA) is 25.9 Å². The fourth-order valence-electron chi connectivity index (χ4n) is 0.748. The fourth-order valence-corrected chi connectivity index (χ4v) is 0.748. The molecule has 0 spiro atoms. The summed E-state index contributed by atoms with van der Waals surface area (Å²) in [5, 5.41) is 3.60. The molecule has 0 unspecified atom stereocenters. The molecule has 0 aromatic heterocycles. The van der Waals surface area contributed by atoms with E-state index in [2.05, 4.69) is 14.8 Å². The van der Waals surface area contributed by atoms with Gasteiger partial charge in [-0.3, -0.25) is 0 Å². The van der Waals surface area contributed by atoms with Crippen LogP contribution in [0.1, 0.15) is 5.56 Å². The standard InChI is InChI=1S/C9H8N2O/c1-10-9-5-3-8(4-6-9)7-11-12-2/h3-7H,2H3/b11-7-. The van der Waals surface area contributed by atoms with Crippen molar-refractivity contribution in [2.45, 2.75) is 0 Å². The molecule has 1 aromatic rings. The molecule has 1 aromatic carbocycles. The second-order valence-electron chi connectivity index (χ2n) is 2.12. The van der Waals surface area contributed by atoms with Crippen molar-refractivity contribution in [3.63, 3.8) is 0 Å². The highest BCUT2D eigenvalue weighted by molar-refractivity contribution is 5.79. The van der Waals surface area contributed by atoms with Gasteiger partial charge in [0.05, 0.1) is 12.8 Å². The van der Waals surface area contributed by atoms with E-state index in [1.165, 1.54) is 7.11 Å². The van der Waals surface area contributed by atoms with Crippen LogP contribution in [0.5, 0.6) is 0 Å². The molecule has 0 bridgehead atoms. The molecule has 0 aliphatic rings. The predicted molar refractivity (Wildman–Crippen MR) is 47.3 cm³/mol. The van der Waals surface area contributed by atoms with Crippen LogP contribution in [0.25, 0.3) is 4.85 Å². The Labute approximate surface area is 71.1 Å². The largest absolute Gasteiger partial charge is 0.399 e. The first-order valence-electron chi connectivity index (χ1n) is 3.41. The lowest BCUT2D eigenvalue weighted by Gasteiger charge is -1.91. The zero-order valence-electron chi connectivity index (χ0n) is 6.69. The molecule has 3 heteroatoms. The summed E-state index contributed by atoms with van der Waals surface area (Å²) >= 11 is 0. The van der Waals surface area contributed by atoms with E-state index in [0.29, 0.717) is 5.69 Å². The summed E-state index contributed by atoms with van der Waals surface area (Å²) in [7, 11) is 1.49. The highest BCUT2D eigenvalue weighted by atomic mass is 16.6. The molecule has 0 amide bonds. The first-order valence-corrected chi connectivity index (χ1v) is 3.41. The van der Waals surface area contributed by atoms with E-state index in [-0.39, 0.29) is 0 Å². The molecule has 60 valence electrons. The van der Waals surface area contributed by atoms with Gasteiger partial charge in [0.25, 0.3) is 0 Å². The summed E-state index contributed by atoms with van der Waals surface area (Å²) < 4.78 is 0. The third-order valence-corrected chi connectivity index (χ3v) is 1.33. The van der Waals surface area contributed by atoms with Gasteiger partial charge >= 0.3 is 0 Å². The Morgan fingerprint density at radius 1 is 1.42 bits per heavy atom. The molecule has 3 nitrogen and oxygen atoms in total. The summed E-state index contributed by atoms with van der Waals surface area (Å²) in [4.78, 5) is 7.78. The van der Waals surface area contributed by atoms with Gasteiger partial charge in [-0.25, -0.2) is 4.85 Å². The van der Waals surface area contributed by atoms with E-state index >= 15 is 0 Å². The summed E-state index contributed by atoms with van der Waals surface area (Å²) in [5.74, 6) is 0. The smallest absolute Gasteiger partial charge is 0.187 e. The van der Waals surface area contributed by atoms with Gasteiger partial charge in [-0.1, -0.05) is 29.4 Å². The Bertz CT molecular complexity index is 308. The predicted octanol–water partition coefficient (Wildman–Crippen LogP) is 2.22. The summed E-state index contributed by atoms with van der Waals surface area (Å²) in [6, 6.07) is 7.11. The van der Waals surface area contributed by atoms with E-state index in [0.717, 1.165) is 5.56 Å². The highest BCUT2D eigenvalue weighted by Crippen LogP contribution is 2.10. The Morgan fingerprint density at radius 2 is 2.08 bits per heavy atom. The lowest BCUT2D eigenvalue weighted by atomic mass is 10.2. The van der Waals surface area contributed by atoms with Crippen LogP contribution in [-0.4, -0.2) is 13.3 Å². The van der Waals surface area contributed by atoms with Crippen LogP contribution < -0.4 is 0 Å². The zero-order chi connectivity index (χ0) is 8.81. The van der Waals surface area contributed by atoms with E-state index < -0.39 is 0 Å². The molecule has 0 saturated heterocycles. The van der Waals surface area contributed by atoms with Crippen LogP contribution in [0.2, 0.25) is 0 Å². The normalized spacial score (nSPS) is 9.67. The molecule has 12 heavy (non-hydrogen) atoms. The summed E-state index contributed by atoms with van der Waals surface area (Å²) in [6.45, 7) is 6.72. The molecule has 0 N–H and O–H groups in total. The number of hydrogen-bond acceptors (Lipinski definition) is 2. The fraction of sp³-hybridized carbons (Fsp3) is 0.111. The molecule has 0 heterocycles. The van der Waals surface area contributed by atoms with Crippen molar-refractivity contribution in [2.24, 2.45) is 5.16 Å². The van der Waals surface area contributed by atoms with Gasteiger partial charge in [0.15, 0.2) is 5.69 Å². The van der Waals surface area contributed by atoms with Gasteiger partial charge in [-0.05, 0) is 5.56 Å². The number of oxime groups is 1. The van der Waals surface area contributed by atoms with Gasteiger partial charge in [0.1, 0.15) is 7.11 Å². The average molecular weight is 160 g/mol. The third kappa shape index (κ3) is 2.10. The Kier molecular flexibility index (Phi) is 2.86. The minimum atomic E-state index is 0.629. The molecule has 0 aliphatic carbocycles. The number of nitrogens with zero attached hydrogens (tertiary/aromatic N) is 2. The molecule has 1 rings (SSSR count). The Balaban J connectivity index is 2.80. The summed E-state index contributed by atoms with van der Waals surface area (Å²) in [6.07, 6.45) is 1.59. The van der Waals surface area contributed by atoms with Crippen LogP contribution in [0, 0.1) is 6.57 Å². The van der Waals surface area contributed by atoms with Gasteiger partial charge in [-0.15, -0.1) is 0 Å². The number of benzene rings is 1. The second kappa shape index (κ2) is 4.14. The molecular weight excluding hydrogens is 152 g/mol. The van der Waals surface area contributed by atoms with E-state index in [9.17, 15) is 0 Å². The molecular formula is C9H8N2O. The van der Waals surface area contributed by atoms with E-state index in [4.69, 9.17) is 6.57 Å². The maximum Gasteiger partial charge on any atom is 0.187 e. The number of rotatable bonds is 2. The van der Waals surface area contributed by atoms with Crippen LogP contribution >= 0.6 is 0 Å². The zero-order valence-corrected chi connectivity index (χ0v) is 6.69. The van der Waals surface area contributed by atoms with Crippen molar-refractivity contribution in [3.05, 3.63) is 41.2 Å². The molecule has 0 aliphatic heterocycles. The van der Waals surface area contributed by atoms with Crippen molar-refractivity contribution in [2.75, 3.05) is 7.11 Å².